The van der Waals surface area contributed by atoms with Crippen LogP contribution in [-0.2, 0) is 19.1 Å². The number of nitro groups is 1. The number of methoxy groups -OCH3 is 1. The molecular weight excluding hydrogens is 374 g/mol. The molecule has 0 aromatic carbocycles. The van der Waals surface area contributed by atoms with E-state index in [9.17, 15) is 24.5 Å². The SMILES string of the molecule is COC(=O)[C@H](CCCN=C(N)N[N+](=O)[O-])NC(=O)C(C)N1CCC[C@H](N)C1=O. The summed E-state index contributed by atoms with van der Waals surface area (Å²) in [6.07, 6.45) is 1.75. The highest BCUT2D eigenvalue weighted by molar-refractivity contribution is 5.92. The number of aliphatic imine (C=N–C) groups is 1. The van der Waals surface area contributed by atoms with E-state index in [4.69, 9.17) is 16.2 Å². The third-order valence-corrected chi connectivity index (χ3v) is 4.30. The molecule has 28 heavy (non-hydrogen) atoms. The van der Waals surface area contributed by atoms with E-state index in [2.05, 4.69) is 10.3 Å². The van der Waals surface area contributed by atoms with E-state index in [1.54, 1.807) is 12.3 Å². The zero-order chi connectivity index (χ0) is 21.3. The first-order chi connectivity index (χ1) is 13.2. The molecule has 1 heterocycles. The lowest BCUT2D eigenvalue weighted by Crippen LogP contribution is -2.57. The van der Waals surface area contributed by atoms with Crippen LogP contribution in [0.2, 0.25) is 0 Å². The second-order valence-corrected chi connectivity index (χ2v) is 6.32. The van der Waals surface area contributed by atoms with Crippen molar-refractivity contribution >= 4 is 23.7 Å². The Kier molecular flexibility index (Phi) is 9.08. The Morgan fingerprint density at radius 3 is 2.79 bits per heavy atom. The van der Waals surface area contributed by atoms with Crippen LogP contribution < -0.4 is 22.2 Å². The van der Waals surface area contributed by atoms with Gasteiger partial charge in [-0.15, -0.1) is 0 Å². The van der Waals surface area contributed by atoms with Crippen LogP contribution in [0.3, 0.4) is 0 Å². The van der Waals surface area contributed by atoms with E-state index >= 15 is 0 Å². The van der Waals surface area contributed by atoms with Crippen LogP contribution in [-0.4, -0.2) is 72.0 Å². The Morgan fingerprint density at radius 1 is 1.50 bits per heavy atom. The van der Waals surface area contributed by atoms with Crippen molar-refractivity contribution in [3.05, 3.63) is 10.1 Å². The molecule has 0 radical (unpaired) electrons. The molecule has 158 valence electrons. The highest BCUT2D eigenvalue weighted by Crippen LogP contribution is 2.14. The normalized spacial score (nSPS) is 19.5. The predicted octanol–water partition coefficient (Wildman–Crippen LogP) is -2.14. The van der Waals surface area contributed by atoms with Crippen molar-refractivity contribution in [1.82, 2.24) is 15.6 Å². The molecule has 0 aromatic rings. The van der Waals surface area contributed by atoms with Crippen molar-refractivity contribution in [1.29, 1.82) is 0 Å². The van der Waals surface area contributed by atoms with Gasteiger partial charge in [0.15, 0.2) is 5.03 Å². The maximum atomic E-state index is 12.5. The van der Waals surface area contributed by atoms with Gasteiger partial charge in [0, 0.05) is 13.1 Å². The van der Waals surface area contributed by atoms with Crippen LogP contribution in [0.5, 0.6) is 0 Å². The summed E-state index contributed by atoms with van der Waals surface area (Å²) in [7, 11) is 1.19. The van der Waals surface area contributed by atoms with Gasteiger partial charge in [-0.2, -0.15) is 0 Å². The van der Waals surface area contributed by atoms with Crippen molar-refractivity contribution in [2.75, 3.05) is 20.2 Å². The summed E-state index contributed by atoms with van der Waals surface area (Å²) in [5.74, 6) is -1.82. The number of hydrazine groups is 1. The first-order valence-corrected chi connectivity index (χ1v) is 8.82. The number of hydrogen-bond donors (Lipinski definition) is 4. The number of guanidine groups is 1. The number of amides is 2. The summed E-state index contributed by atoms with van der Waals surface area (Å²) in [5.41, 5.74) is 12.7. The summed E-state index contributed by atoms with van der Waals surface area (Å²) in [5, 5.41) is 12.0. The number of piperidine rings is 1. The fraction of sp³-hybridized carbons (Fsp3) is 0.733. The number of nitrogens with zero attached hydrogens (tertiary/aromatic N) is 3. The minimum Gasteiger partial charge on any atom is -0.467 e. The Bertz CT molecular complexity index is 626. The maximum Gasteiger partial charge on any atom is 0.328 e. The molecule has 0 bridgehead atoms. The largest absolute Gasteiger partial charge is 0.467 e. The lowest BCUT2D eigenvalue weighted by Gasteiger charge is -2.34. The third kappa shape index (κ3) is 6.98. The second kappa shape index (κ2) is 11.0. The lowest BCUT2D eigenvalue weighted by atomic mass is 10.0. The first-order valence-electron chi connectivity index (χ1n) is 8.82. The molecule has 0 aromatic heterocycles. The number of likely N-dealkylation sites (tertiary alicyclic amines) is 1. The molecule has 0 saturated carbocycles. The van der Waals surface area contributed by atoms with Crippen molar-refractivity contribution in [2.45, 2.75) is 50.7 Å². The summed E-state index contributed by atoms with van der Waals surface area (Å²) in [6.45, 7) is 2.08. The Morgan fingerprint density at radius 2 is 2.18 bits per heavy atom. The van der Waals surface area contributed by atoms with Crippen molar-refractivity contribution in [3.8, 4) is 0 Å². The molecule has 13 heteroatoms. The van der Waals surface area contributed by atoms with E-state index in [1.165, 1.54) is 12.0 Å². The van der Waals surface area contributed by atoms with Gasteiger partial charge in [0.05, 0.1) is 13.2 Å². The average molecular weight is 401 g/mol. The molecular formula is C15H27N7O6. The van der Waals surface area contributed by atoms with Crippen LogP contribution >= 0.6 is 0 Å². The molecule has 1 unspecified atom stereocenters. The number of rotatable bonds is 9. The highest BCUT2D eigenvalue weighted by Gasteiger charge is 2.33. The van der Waals surface area contributed by atoms with E-state index in [1.807, 2.05) is 0 Å². The average Bonchev–Trinajstić information content (AvgIpc) is 2.64. The number of ether oxygens (including phenoxy) is 1. The van der Waals surface area contributed by atoms with Gasteiger partial charge in [-0.1, -0.05) is 5.43 Å². The van der Waals surface area contributed by atoms with Crippen molar-refractivity contribution in [3.63, 3.8) is 0 Å². The van der Waals surface area contributed by atoms with Gasteiger partial charge in [0.2, 0.25) is 11.8 Å². The summed E-state index contributed by atoms with van der Waals surface area (Å²) < 4.78 is 4.69. The summed E-state index contributed by atoms with van der Waals surface area (Å²) in [4.78, 5) is 51.9. The standard InChI is InChI=1S/C15H27N7O6/c1-9(21-8-4-5-10(16)13(21)24)12(23)19-11(14(25)28-2)6-3-7-18-15(17)20-22(26)27/h9-11H,3-8,16H2,1-2H3,(H,19,23)(H3,17,18,20)/t9?,10-,11-/m0/s1. The maximum absolute atomic E-state index is 12.5. The molecule has 1 aliphatic rings. The molecule has 13 nitrogen and oxygen atoms in total. The van der Waals surface area contributed by atoms with E-state index in [0.29, 0.717) is 25.8 Å². The summed E-state index contributed by atoms with van der Waals surface area (Å²) in [6, 6.07) is -2.37. The Labute approximate surface area is 161 Å². The molecule has 1 rings (SSSR count). The Hall–Kier alpha value is -2.96. The molecule has 0 spiro atoms. The van der Waals surface area contributed by atoms with Crippen LogP contribution in [0.25, 0.3) is 0 Å². The van der Waals surface area contributed by atoms with Gasteiger partial charge in [0.25, 0.3) is 5.96 Å². The van der Waals surface area contributed by atoms with Crippen LogP contribution in [0.15, 0.2) is 4.99 Å². The fourth-order valence-corrected chi connectivity index (χ4v) is 2.76. The number of carbonyl (C=O) groups is 3. The van der Waals surface area contributed by atoms with Crippen LogP contribution in [0, 0.1) is 10.1 Å². The van der Waals surface area contributed by atoms with Gasteiger partial charge in [-0.3, -0.25) is 9.59 Å². The minimum absolute atomic E-state index is 0.102. The molecule has 3 atom stereocenters. The number of esters is 1. The van der Waals surface area contributed by atoms with Crippen LogP contribution in [0.4, 0.5) is 0 Å². The highest BCUT2D eigenvalue weighted by atomic mass is 16.7. The smallest absolute Gasteiger partial charge is 0.328 e. The van der Waals surface area contributed by atoms with E-state index in [0.717, 1.165) is 0 Å². The lowest BCUT2D eigenvalue weighted by molar-refractivity contribution is -0.525. The molecule has 1 aliphatic heterocycles. The van der Waals surface area contributed by atoms with Crippen molar-refractivity contribution < 1.29 is 24.2 Å². The molecule has 1 saturated heterocycles. The topological polar surface area (TPSA) is 195 Å². The zero-order valence-electron chi connectivity index (χ0n) is 15.9. The van der Waals surface area contributed by atoms with Gasteiger partial charge in [-0.25, -0.2) is 19.9 Å². The van der Waals surface area contributed by atoms with E-state index in [-0.39, 0.29) is 24.8 Å². The first kappa shape index (κ1) is 23.1. The van der Waals surface area contributed by atoms with Gasteiger partial charge in [-0.05, 0) is 32.6 Å². The van der Waals surface area contributed by atoms with Crippen molar-refractivity contribution in [2.24, 2.45) is 16.5 Å². The number of carbonyl (C=O) groups excluding carboxylic acids is 3. The second-order valence-electron chi connectivity index (χ2n) is 6.32. The van der Waals surface area contributed by atoms with Gasteiger partial charge < -0.3 is 26.4 Å². The Balaban J connectivity index is 2.62. The quantitative estimate of drug-likeness (QED) is 0.0832. The molecule has 1 fully saturated rings. The fourth-order valence-electron chi connectivity index (χ4n) is 2.76. The predicted molar refractivity (Wildman–Crippen MR) is 98.2 cm³/mol. The van der Waals surface area contributed by atoms with E-state index < -0.39 is 35.0 Å². The zero-order valence-corrected chi connectivity index (χ0v) is 15.9. The molecule has 6 N–H and O–H groups in total. The minimum atomic E-state index is -0.951. The molecule has 0 aliphatic carbocycles. The third-order valence-electron chi connectivity index (χ3n) is 4.30. The number of hydrogen-bond acceptors (Lipinski definition) is 8. The number of nitrogens with two attached hydrogens (primary N) is 2. The van der Waals surface area contributed by atoms with Gasteiger partial charge >= 0.3 is 5.97 Å². The monoisotopic (exact) mass is 401 g/mol. The van der Waals surface area contributed by atoms with Gasteiger partial charge in [0.1, 0.15) is 12.1 Å². The summed E-state index contributed by atoms with van der Waals surface area (Å²) >= 11 is 0. The number of nitrogens with one attached hydrogen (secondary N) is 2. The van der Waals surface area contributed by atoms with Crippen LogP contribution in [0.1, 0.15) is 32.6 Å². The molecule has 2 amide bonds.